The van der Waals surface area contributed by atoms with E-state index in [1.165, 1.54) is 19.2 Å². The number of nitrogens with one attached hydrogen (secondary N) is 2. The van der Waals surface area contributed by atoms with Crippen LogP contribution in [-0.4, -0.2) is 18.1 Å². The fourth-order valence-corrected chi connectivity index (χ4v) is 3.05. The maximum absolute atomic E-state index is 12.7. The number of methoxy groups -OCH3 is 1. The molecule has 2 N–H and O–H groups in total. The van der Waals surface area contributed by atoms with Crippen molar-refractivity contribution in [2.45, 2.75) is 6.18 Å². The van der Waals surface area contributed by atoms with Crippen molar-refractivity contribution in [1.82, 2.24) is 5.32 Å². The molecule has 0 atom stereocenters. The van der Waals surface area contributed by atoms with E-state index in [9.17, 15) is 18.0 Å². The van der Waals surface area contributed by atoms with Crippen LogP contribution in [0.3, 0.4) is 0 Å². The number of ether oxygens (including phenoxy) is 1. The summed E-state index contributed by atoms with van der Waals surface area (Å²) in [7, 11) is 1.32. The van der Waals surface area contributed by atoms with Gasteiger partial charge in [0.2, 0.25) is 0 Å². The van der Waals surface area contributed by atoms with E-state index in [0.29, 0.717) is 0 Å². The smallest absolute Gasteiger partial charge is 0.416 e. The van der Waals surface area contributed by atoms with Crippen molar-refractivity contribution >= 4 is 63.7 Å². The Bertz CT molecular complexity index is 907. The van der Waals surface area contributed by atoms with Crippen molar-refractivity contribution in [2.75, 3.05) is 12.4 Å². The number of carbonyl (C=O) groups is 1. The van der Waals surface area contributed by atoms with Crippen LogP contribution in [0.25, 0.3) is 0 Å². The number of carbonyl (C=O) groups excluding carboxylic acids is 1. The minimum absolute atomic E-state index is 0.0256. The van der Waals surface area contributed by atoms with Gasteiger partial charge in [0.05, 0.1) is 34.0 Å². The first-order valence-electron chi connectivity index (χ1n) is 7.05. The summed E-state index contributed by atoms with van der Waals surface area (Å²) in [5.74, 6) is -0.592. The van der Waals surface area contributed by atoms with Crippen molar-refractivity contribution in [3.8, 4) is 5.75 Å². The number of rotatable bonds is 3. The molecule has 0 aliphatic carbocycles. The highest BCUT2D eigenvalue weighted by atomic mass is 35.5. The molecule has 144 valence electrons. The fraction of sp³-hybridized carbons (Fsp3) is 0.125. The molecule has 2 aromatic carbocycles. The first-order chi connectivity index (χ1) is 12.5. The molecule has 0 fully saturated rings. The fourth-order valence-electron chi connectivity index (χ4n) is 2.05. The highest BCUT2D eigenvalue weighted by molar-refractivity contribution is 7.80. The molecule has 0 saturated heterocycles. The number of hydrogen-bond donors (Lipinski definition) is 2. The monoisotopic (exact) mass is 456 g/mol. The summed E-state index contributed by atoms with van der Waals surface area (Å²) in [6.45, 7) is 0. The van der Waals surface area contributed by atoms with Gasteiger partial charge in [-0.05, 0) is 42.5 Å². The van der Waals surface area contributed by atoms with Gasteiger partial charge >= 0.3 is 6.18 Å². The summed E-state index contributed by atoms with van der Waals surface area (Å²) >= 11 is 22.7. The molecule has 1 amide bonds. The van der Waals surface area contributed by atoms with Crippen LogP contribution in [0.4, 0.5) is 18.9 Å². The van der Waals surface area contributed by atoms with Crippen molar-refractivity contribution in [1.29, 1.82) is 0 Å². The number of anilines is 1. The van der Waals surface area contributed by atoms with Gasteiger partial charge in [-0.1, -0.05) is 34.8 Å². The largest absolute Gasteiger partial charge is 0.494 e. The second-order valence-corrected chi connectivity index (χ2v) is 6.73. The van der Waals surface area contributed by atoms with Gasteiger partial charge in [0.25, 0.3) is 5.91 Å². The average molecular weight is 458 g/mol. The number of benzene rings is 2. The zero-order valence-electron chi connectivity index (χ0n) is 13.4. The van der Waals surface area contributed by atoms with Gasteiger partial charge in [-0.15, -0.1) is 0 Å². The van der Waals surface area contributed by atoms with E-state index in [0.717, 1.165) is 18.2 Å². The third-order valence-electron chi connectivity index (χ3n) is 3.23. The van der Waals surface area contributed by atoms with Crippen LogP contribution in [0, 0.1) is 0 Å². The molecule has 4 nitrogen and oxygen atoms in total. The summed E-state index contributed by atoms with van der Waals surface area (Å²) in [4.78, 5) is 12.4. The lowest BCUT2D eigenvalue weighted by Crippen LogP contribution is -2.34. The van der Waals surface area contributed by atoms with E-state index in [1.54, 1.807) is 0 Å². The topological polar surface area (TPSA) is 50.4 Å². The molecule has 0 bridgehead atoms. The number of hydrogen-bond acceptors (Lipinski definition) is 3. The van der Waals surface area contributed by atoms with Gasteiger partial charge in [0.1, 0.15) is 5.75 Å². The lowest BCUT2D eigenvalue weighted by atomic mass is 10.2. The van der Waals surface area contributed by atoms with E-state index >= 15 is 0 Å². The zero-order chi connectivity index (χ0) is 20.4. The van der Waals surface area contributed by atoms with E-state index < -0.39 is 17.6 Å². The Morgan fingerprint density at radius 1 is 1.11 bits per heavy atom. The highest BCUT2D eigenvalue weighted by Crippen LogP contribution is 2.34. The van der Waals surface area contributed by atoms with Crippen LogP contribution < -0.4 is 15.4 Å². The third-order valence-corrected chi connectivity index (χ3v) is 4.24. The Labute approximate surface area is 172 Å². The van der Waals surface area contributed by atoms with Crippen LogP contribution in [0.5, 0.6) is 5.75 Å². The Balaban J connectivity index is 2.16. The third kappa shape index (κ3) is 5.38. The predicted molar refractivity (Wildman–Crippen MR) is 103 cm³/mol. The standard InChI is InChI=1S/C16H10Cl3F3N2O2S/c1-26-13-9(5-8(17)6-11(13)19)14(25)24-15(27)23-12-3-2-7(4-10(12)18)16(20,21)22/h2-6H,1H3,(H2,23,24,25,27). The summed E-state index contributed by atoms with van der Waals surface area (Å²) < 4.78 is 43.1. The molecule has 0 aromatic heterocycles. The number of amides is 1. The molecule has 0 saturated carbocycles. The second-order valence-electron chi connectivity index (χ2n) is 5.07. The molecule has 0 aliphatic rings. The Morgan fingerprint density at radius 2 is 1.78 bits per heavy atom. The molecule has 0 unspecified atom stereocenters. The highest BCUT2D eigenvalue weighted by Gasteiger charge is 2.31. The number of halogens is 6. The quantitative estimate of drug-likeness (QED) is 0.572. The summed E-state index contributed by atoms with van der Waals surface area (Å²) in [6, 6.07) is 5.40. The van der Waals surface area contributed by atoms with Gasteiger partial charge in [0, 0.05) is 5.02 Å². The number of thiocarbonyl (C=S) groups is 1. The molecule has 11 heteroatoms. The van der Waals surface area contributed by atoms with Crippen molar-refractivity contribution in [2.24, 2.45) is 0 Å². The van der Waals surface area contributed by atoms with E-state index in [2.05, 4.69) is 10.6 Å². The van der Waals surface area contributed by atoms with E-state index in [-0.39, 0.29) is 37.2 Å². The molecule has 2 rings (SSSR count). The van der Waals surface area contributed by atoms with Gasteiger partial charge in [-0.2, -0.15) is 13.2 Å². The normalized spacial score (nSPS) is 11.1. The first-order valence-corrected chi connectivity index (χ1v) is 8.59. The van der Waals surface area contributed by atoms with Crippen molar-refractivity contribution < 1.29 is 22.7 Å². The molecule has 0 heterocycles. The van der Waals surface area contributed by atoms with Crippen LogP contribution in [0.2, 0.25) is 15.1 Å². The van der Waals surface area contributed by atoms with Crippen LogP contribution in [-0.2, 0) is 6.18 Å². The number of alkyl halides is 3. The lowest BCUT2D eigenvalue weighted by molar-refractivity contribution is -0.137. The lowest BCUT2D eigenvalue weighted by Gasteiger charge is -2.14. The minimum Gasteiger partial charge on any atom is -0.494 e. The Morgan fingerprint density at radius 3 is 2.33 bits per heavy atom. The first kappa shape index (κ1) is 21.6. The molecule has 2 aromatic rings. The van der Waals surface area contributed by atoms with Crippen LogP contribution in [0.1, 0.15) is 15.9 Å². The van der Waals surface area contributed by atoms with E-state index in [1.807, 2.05) is 0 Å². The Kier molecular flexibility index (Phi) is 6.80. The molecular weight excluding hydrogens is 448 g/mol. The maximum atomic E-state index is 12.7. The molecular formula is C16H10Cl3F3N2O2S. The van der Waals surface area contributed by atoms with Gasteiger partial charge < -0.3 is 10.1 Å². The van der Waals surface area contributed by atoms with Gasteiger partial charge in [-0.3, -0.25) is 10.1 Å². The summed E-state index contributed by atoms with van der Waals surface area (Å²) in [6.07, 6.45) is -4.53. The average Bonchev–Trinajstić information content (AvgIpc) is 2.55. The predicted octanol–water partition coefficient (Wildman–Crippen LogP) is 5.80. The van der Waals surface area contributed by atoms with E-state index in [4.69, 9.17) is 51.8 Å². The molecule has 0 radical (unpaired) electrons. The van der Waals surface area contributed by atoms with Crippen molar-refractivity contribution in [3.63, 3.8) is 0 Å². The van der Waals surface area contributed by atoms with Crippen molar-refractivity contribution in [3.05, 3.63) is 56.5 Å². The zero-order valence-corrected chi connectivity index (χ0v) is 16.5. The van der Waals surface area contributed by atoms with Gasteiger partial charge in [0.15, 0.2) is 5.11 Å². The molecule has 0 spiro atoms. The minimum atomic E-state index is -4.53. The van der Waals surface area contributed by atoms with Crippen LogP contribution >= 0.6 is 47.0 Å². The summed E-state index contributed by atoms with van der Waals surface area (Å²) in [5, 5.41) is 4.82. The summed E-state index contributed by atoms with van der Waals surface area (Å²) in [5.41, 5.74) is -0.796. The molecule has 0 aliphatic heterocycles. The molecule has 27 heavy (non-hydrogen) atoms. The van der Waals surface area contributed by atoms with Crippen LogP contribution in [0.15, 0.2) is 30.3 Å². The second kappa shape index (κ2) is 8.52. The van der Waals surface area contributed by atoms with Gasteiger partial charge in [-0.25, -0.2) is 0 Å². The maximum Gasteiger partial charge on any atom is 0.416 e. The Hall–Kier alpha value is -1.74. The SMILES string of the molecule is COc1c(Cl)cc(Cl)cc1C(=O)NC(=S)Nc1ccc(C(F)(F)F)cc1Cl.